The highest BCUT2D eigenvalue weighted by molar-refractivity contribution is 7.84. The lowest BCUT2D eigenvalue weighted by atomic mass is 10.2. The molecular weight excluding hydrogens is 305 g/mol. The lowest BCUT2D eigenvalue weighted by Gasteiger charge is -2.14. The summed E-state index contributed by atoms with van der Waals surface area (Å²) in [6, 6.07) is 0.900. The van der Waals surface area contributed by atoms with E-state index in [9.17, 15) is 17.4 Å². The summed E-state index contributed by atoms with van der Waals surface area (Å²) in [5.74, 6) is 0.847. The van der Waals surface area contributed by atoms with Gasteiger partial charge in [-0.1, -0.05) is 0 Å². The van der Waals surface area contributed by atoms with Gasteiger partial charge in [0.2, 0.25) is 0 Å². The highest BCUT2D eigenvalue weighted by atomic mass is 32.2. The number of halogens is 3. The van der Waals surface area contributed by atoms with Crippen molar-refractivity contribution in [2.24, 2.45) is 0 Å². The molecule has 0 saturated heterocycles. The van der Waals surface area contributed by atoms with Crippen LogP contribution in [0.3, 0.4) is 0 Å². The van der Waals surface area contributed by atoms with Gasteiger partial charge < -0.3 is 5.32 Å². The quantitative estimate of drug-likeness (QED) is 0.918. The molecule has 2 heterocycles. The number of rotatable bonds is 5. The van der Waals surface area contributed by atoms with E-state index in [1.807, 2.05) is 6.92 Å². The molecule has 0 spiro atoms. The van der Waals surface area contributed by atoms with Crippen molar-refractivity contribution in [1.29, 1.82) is 0 Å². The molecule has 2 aromatic rings. The largest absolute Gasteiger partial charge is 0.435 e. The van der Waals surface area contributed by atoms with Crippen molar-refractivity contribution in [2.45, 2.75) is 25.6 Å². The number of hydrogen-bond acceptors (Lipinski definition) is 4. The van der Waals surface area contributed by atoms with Crippen LogP contribution >= 0.6 is 0 Å². The predicted molar refractivity (Wildman–Crippen MR) is 74.6 cm³/mol. The molecule has 0 aliphatic carbocycles. The summed E-state index contributed by atoms with van der Waals surface area (Å²) in [6.07, 6.45) is 0.493. The number of fused-ring (bicyclic) bond motifs is 1. The Morgan fingerprint density at radius 2 is 2.19 bits per heavy atom. The molecule has 116 valence electrons. The maximum atomic E-state index is 12.7. The van der Waals surface area contributed by atoms with E-state index < -0.39 is 22.7 Å². The molecule has 2 unspecified atom stereocenters. The number of aromatic nitrogens is 3. The Kier molecular flexibility index (Phi) is 4.50. The summed E-state index contributed by atoms with van der Waals surface area (Å²) in [7, 11) is -0.906. The molecule has 5 nitrogen and oxygen atoms in total. The molecule has 0 saturated carbocycles. The Balaban J connectivity index is 2.24. The molecule has 0 aliphatic heterocycles. The van der Waals surface area contributed by atoms with Crippen LogP contribution in [0.5, 0.6) is 0 Å². The minimum Gasteiger partial charge on any atom is -0.366 e. The smallest absolute Gasteiger partial charge is 0.366 e. The van der Waals surface area contributed by atoms with Crippen LogP contribution in [-0.2, 0) is 17.0 Å². The fraction of sp³-hybridized carbons (Fsp3) is 0.500. The Labute approximate surface area is 122 Å². The third-order valence-electron chi connectivity index (χ3n) is 2.90. The zero-order valence-corrected chi connectivity index (χ0v) is 12.3. The van der Waals surface area contributed by atoms with Gasteiger partial charge in [-0.2, -0.15) is 18.3 Å². The molecule has 0 amide bonds. The van der Waals surface area contributed by atoms with Crippen LogP contribution in [0, 0.1) is 0 Å². The first-order valence-corrected chi connectivity index (χ1v) is 7.98. The zero-order valence-electron chi connectivity index (χ0n) is 11.5. The maximum absolute atomic E-state index is 12.7. The Hall–Kier alpha value is -1.64. The first-order valence-electron chi connectivity index (χ1n) is 6.25. The van der Waals surface area contributed by atoms with E-state index in [1.165, 1.54) is 12.4 Å². The van der Waals surface area contributed by atoms with E-state index in [2.05, 4.69) is 15.4 Å². The molecule has 0 fully saturated rings. The van der Waals surface area contributed by atoms with Crippen molar-refractivity contribution in [1.82, 2.24) is 14.6 Å². The molecule has 2 aromatic heterocycles. The molecule has 0 bridgehead atoms. The molecule has 1 N–H and O–H groups in total. The lowest BCUT2D eigenvalue weighted by Crippen LogP contribution is -2.19. The van der Waals surface area contributed by atoms with Gasteiger partial charge in [0, 0.05) is 47.3 Å². The minimum atomic E-state index is -4.49. The maximum Gasteiger partial charge on any atom is 0.435 e. The van der Waals surface area contributed by atoms with Crippen LogP contribution in [0.25, 0.3) is 5.52 Å². The monoisotopic (exact) mass is 320 g/mol. The average molecular weight is 320 g/mol. The van der Waals surface area contributed by atoms with Crippen LogP contribution in [0.2, 0.25) is 0 Å². The van der Waals surface area contributed by atoms with Crippen LogP contribution < -0.4 is 5.32 Å². The summed E-state index contributed by atoms with van der Waals surface area (Å²) < 4.78 is 50.2. The van der Waals surface area contributed by atoms with Gasteiger partial charge in [-0.25, -0.2) is 9.50 Å². The van der Waals surface area contributed by atoms with Crippen molar-refractivity contribution >= 4 is 22.1 Å². The number of alkyl halides is 3. The van der Waals surface area contributed by atoms with Gasteiger partial charge in [0.05, 0.1) is 0 Å². The molecule has 0 radical (unpaired) electrons. The summed E-state index contributed by atoms with van der Waals surface area (Å²) in [5.41, 5.74) is -0.699. The molecule has 9 heteroatoms. The van der Waals surface area contributed by atoms with Crippen molar-refractivity contribution < 1.29 is 17.4 Å². The number of nitrogens with zero attached hydrogens (tertiary/aromatic N) is 3. The fourth-order valence-electron chi connectivity index (χ4n) is 1.82. The van der Waals surface area contributed by atoms with Crippen molar-refractivity contribution in [3.05, 3.63) is 24.2 Å². The minimum absolute atomic E-state index is 0.0585. The van der Waals surface area contributed by atoms with Crippen LogP contribution in [0.15, 0.2) is 18.5 Å². The van der Waals surface area contributed by atoms with Gasteiger partial charge in [0.1, 0.15) is 5.52 Å². The van der Waals surface area contributed by atoms with Gasteiger partial charge in [0.15, 0.2) is 11.5 Å². The first kappa shape index (κ1) is 15.7. The summed E-state index contributed by atoms with van der Waals surface area (Å²) in [5, 5.41) is 6.52. The van der Waals surface area contributed by atoms with Crippen LogP contribution in [0.1, 0.15) is 19.0 Å². The highest BCUT2D eigenvalue weighted by Crippen LogP contribution is 2.30. The summed E-state index contributed by atoms with van der Waals surface area (Å²) in [4.78, 5) is 4.05. The molecular formula is C12H15F3N4OS. The molecule has 0 aliphatic rings. The van der Waals surface area contributed by atoms with Gasteiger partial charge in [-0.05, 0) is 13.3 Å². The number of anilines is 1. The molecule has 21 heavy (non-hydrogen) atoms. The molecule has 2 atom stereocenters. The van der Waals surface area contributed by atoms with Crippen molar-refractivity contribution in [3.63, 3.8) is 0 Å². The Morgan fingerprint density at radius 3 is 2.81 bits per heavy atom. The second kappa shape index (κ2) is 6.00. The van der Waals surface area contributed by atoms with Crippen molar-refractivity contribution in [3.8, 4) is 0 Å². The average Bonchev–Trinajstić information content (AvgIpc) is 2.81. The summed E-state index contributed by atoms with van der Waals surface area (Å²) >= 11 is 0. The third-order valence-corrected chi connectivity index (χ3v) is 3.71. The molecule has 0 aromatic carbocycles. The first-order chi connectivity index (χ1) is 9.77. The fourth-order valence-corrected chi connectivity index (χ4v) is 2.51. The van der Waals surface area contributed by atoms with E-state index in [4.69, 9.17) is 0 Å². The topological polar surface area (TPSA) is 59.3 Å². The number of hydrogen-bond donors (Lipinski definition) is 1. The van der Waals surface area contributed by atoms with E-state index >= 15 is 0 Å². The molecule has 2 rings (SSSR count). The Bertz CT molecular complexity index is 655. The summed E-state index contributed by atoms with van der Waals surface area (Å²) in [6.45, 7) is 1.86. The standard InChI is InChI=1S/C12H15F3N4OS/c1-8(3-6-21(2)20)17-11-9-7-10(12(13,14)15)18-19(9)5-4-16-11/h4-5,7-8H,3,6H2,1-2H3,(H,16,17). The highest BCUT2D eigenvalue weighted by Gasteiger charge is 2.34. The zero-order chi connectivity index (χ0) is 15.6. The van der Waals surface area contributed by atoms with Gasteiger partial charge in [0.25, 0.3) is 0 Å². The van der Waals surface area contributed by atoms with E-state index in [0.29, 0.717) is 18.0 Å². The van der Waals surface area contributed by atoms with E-state index in [-0.39, 0.29) is 11.6 Å². The predicted octanol–water partition coefficient (Wildman–Crippen LogP) is 2.32. The van der Waals surface area contributed by atoms with Gasteiger partial charge in [-0.3, -0.25) is 4.21 Å². The SMILES string of the molecule is CC(CCS(C)=O)Nc1nccn2nc(C(F)(F)F)cc12. The second-order valence-corrected chi connectivity index (χ2v) is 6.30. The Morgan fingerprint density at radius 1 is 1.48 bits per heavy atom. The van der Waals surface area contributed by atoms with Crippen LogP contribution in [0.4, 0.5) is 19.0 Å². The van der Waals surface area contributed by atoms with Crippen LogP contribution in [-0.4, -0.2) is 36.9 Å². The lowest BCUT2D eigenvalue weighted by molar-refractivity contribution is -0.141. The number of nitrogens with one attached hydrogen (secondary N) is 1. The van der Waals surface area contributed by atoms with E-state index in [0.717, 1.165) is 10.6 Å². The second-order valence-electron chi connectivity index (χ2n) is 4.74. The normalized spacial score (nSPS) is 15.1. The van der Waals surface area contributed by atoms with Gasteiger partial charge >= 0.3 is 6.18 Å². The van der Waals surface area contributed by atoms with Gasteiger partial charge in [-0.15, -0.1) is 0 Å². The van der Waals surface area contributed by atoms with E-state index in [1.54, 1.807) is 6.26 Å². The third kappa shape index (κ3) is 3.93. The van der Waals surface area contributed by atoms with Crippen molar-refractivity contribution in [2.75, 3.05) is 17.3 Å².